The molecule has 1 saturated heterocycles. The second-order valence-electron chi connectivity index (χ2n) is 5.42. The zero-order valence-electron chi connectivity index (χ0n) is 12.3. The highest BCUT2D eigenvalue weighted by atomic mass is 35.5. The van der Waals surface area contributed by atoms with Crippen LogP contribution < -0.4 is 5.56 Å². The SMILES string of the molecule is O=C(c1ccc(-n2ncc(Cl)c(Cl)c2=O)cc1)N1CCCCC1. The predicted molar refractivity (Wildman–Crippen MR) is 89.6 cm³/mol. The summed E-state index contributed by atoms with van der Waals surface area (Å²) in [6, 6.07) is 6.75. The minimum absolute atomic E-state index is 0.0192. The van der Waals surface area contributed by atoms with Crippen LogP contribution >= 0.6 is 23.2 Å². The Kier molecular flexibility index (Phi) is 4.68. The monoisotopic (exact) mass is 351 g/mol. The molecule has 0 saturated carbocycles. The van der Waals surface area contributed by atoms with Gasteiger partial charge in [-0.3, -0.25) is 9.59 Å². The second kappa shape index (κ2) is 6.72. The number of hydrogen-bond donors (Lipinski definition) is 0. The van der Waals surface area contributed by atoms with Crippen LogP contribution in [0.1, 0.15) is 29.6 Å². The van der Waals surface area contributed by atoms with Gasteiger partial charge in [-0.15, -0.1) is 0 Å². The van der Waals surface area contributed by atoms with Gasteiger partial charge in [0.2, 0.25) is 0 Å². The van der Waals surface area contributed by atoms with Gasteiger partial charge < -0.3 is 4.90 Å². The normalized spacial score (nSPS) is 14.8. The van der Waals surface area contributed by atoms with Gasteiger partial charge in [0.1, 0.15) is 5.02 Å². The molecule has 2 aromatic rings. The molecule has 0 bridgehead atoms. The Labute approximate surface area is 143 Å². The van der Waals surface area contributed by atoms with Crippen LogP contribution in [0, 0.1) is 0 Å². The van der Waals surface area contributed by atoms with Crippen LogP contribution in [0.5, 0.6) is 0 Å². The van der Waals surface area contributed by atoms with E-state index in [-0.39, 0.29) is 16.0 Å². The molecule has 3 rings (SSSR count). The van der Waals surface area contributed by atoms with Crippen molar-refractivity contribution < 1.29 is 4.79 Å². The van der Waals surface area contributed by atoms with Gasteiger partial charge in [0.05, 0.1) is 16.9 Å². The van der Waals surface area contributed by atoms with E-state index < -0.39 is 5.56 Å². The number of likely N-dealkylation sites (tertiary alicyclic amines) is 1. The molecule has 0 atom stereocenters. The number of hydrogen-bond acceptors (Lipinski definition) is 3. The molecule has 2 heterocycles. The Morgan fingerprint density at radius 2 is 1.70 bits per heavy atom. The minimum atomic E-state index is -0.491. The Bertz CT molecular complexity index is 781. The zero-order valence-corrected chi connectivity index (χ0v) is 13.8. The molecule has 1 aromatic carbocycles. The number of carbonyl (C=O) groups is 1. The molecule has 1 fully saturated rings. The van der Waals surface area contributed by atoms with Crippen molar-refractivity contribution >= 4 is 29.1 Å². The third-order valence-corrected chi connectivity index (χ3v) is 4.63. The van der Waals surface area contributed by atoms with Gasteiger partial charge >= 0.3 is 0 Å². The predicted octanol–water partition coefficient (Wildman–Crippen LogP) is 3.17. The summed E-state index contributed by atoms with van der Waals surface area (Å²) < 4.78 is 1.16. The highest BCUT2D eigenvalue weighted by Crippen LogP contribution is 2.17. The number of halogens is 2. The topological polar surface area (TPSA) is 55.2 Å². The summed E-state index contributed by atoms with van der Waals surface area (Å²) in [4.78, 5) is 26.3. The first-order chi connectivity index (χ1) is 11.1. The van der Waals surface area contributed by atoms with Gasteiger partial charge in [-0.25, -0.2) is 0 Å². The van der Waals surface area contributed by atoms with Crippen LogP contribution in [0.2, 0.25) is 10.0 Å². The van der Waals surface area contributed by atoms with Crippen molar-refractivity contribution in [2.75, 3.05) is 13.1 Å². The molecular formula is C16H15Cl2N3O2. The largest absolute Gasteiger partial charge is 0.339 e. The van der Waals surface area contributed by atoms with Crippen molar-refractivity contribution in [1.29, 1.82) is 0 Å². The average Bonchev–Trinajstić information content (AvgIpc) is 2.60. The average molecular weight is 352 g/mol. The van der Waals surface area contributed by atoms with Crippen molar-refractivity contribution in [2.45, 2.75) is 19.3 Å². The van der Waals surface area contributed by atoms with E-state index in [0.29, 0.717) is 11.3 Å². The molecule has 0 spiro atoms. The number of amides is 1. The van der Waals surface area contributed by atoms with Crippen LogP contribution in [-0.2, 0) is 0 Å². The maximum atomic E-state index is 12.4. The summed E-state index contributed by atoms with van der Waals surface area (Å²) in [6.45, 7) is 1.60. The standard InChI is InChI=1S/C16H15Cl2N3O2/c17-13-10-19-21(16(23)14(13)18)12-6-4-11(5-7-12)15(22)20-8-2-1-3-9-20/h4-7,10H,1-3,8-9H2. The summed E-state index contributed by atoms with van der Waals surface area (Å²) in [6.07, 6.45) is 4.59. The van der Waals surface area contributed by atoms with E-state index in [2.05, 4.69) is 5.10 Å². The lowest BCUT2D eigenvalue weighted by Crippen LogP contribution is -2.35. The number of benzene rings is 1. The summed E-state index contributed by atoms with van der Waals surface area (Å²) in [5.41, 5.74) is 0.641. The molecule has 1 amide bonds. The lowest BCUT2D eigenvalue weighted by molar-refractivity contribution is 0.0724. The van der Waals surface area contributed by atoms with Crippen LogP contribution in [0.4, 0.5) is 0 Å². The van der Waals surface area contributed by atoms with Crippen LogP contribution in [0.25, 0.3) is 5.69 Å². The highest BCUT2D eigenvalue weighted by Gasteiger charge is 2.18. The first kappa shape index (κ1) is 16.0. The summed E-state index contributed by atoms with van der Waals surface area (Å²) >= 11 is 11.6. The molecule has 0 aliphatic carbocycles. The third-order valence-electron chi connectivity index (χ3n) is 3.88. The molecule has 1 aliphatic heterocycles. The van der Waals surface area contributed by atoms with Crippen molar-refractivity contribution in [1.82, 2.24) is 14.7 Å². The van der Waals surface area contributed by atoms with E-state index in [1.165, 1.54) is 12.6 Å². The fourth-order valence-corrected chi connectivity index (χ4v) is 2.87. The second-order valence-corrected chi connectivity index (χ2v) is 6.21. The molecule has 0 N–H and O–H groups in total. The lowest BCUT2D eigenvalue weighted by Gasteiger charge is -2.26. The van der Waals surface area contributed by atoms with Crippen LogP contribution in [0.3, 0.4) is 0 Å². The number of nitrogens with zero attached hydrogens (tertiary/aromatic N) is 3. The van der Waals surface area contributed by atoms with E-state index in [0.717, 1.165) is 30.6 Å². The molecule has 1 aromatic heterocycles. The molecule has 23 heavy (non-hydrogen) atoms. The van der Waals surface area contributed by atoms with E-state index in [1.54, 1.807) is 24.3 Å². The maximum Gasteiger partial charge on any atom is 0.291 e. The maximum absolute atomic E-state index is 12.4. The smallest absolute Gasteiger partial charge is 0.291 e. The molecule has 1 aliphatic rings. The minimum Gasteiger partial charge on any atom is -0.339 e. The van der Waals surface area contributed by atoms with Crippen molar-refractivity contribution in [3.05, 3.63) is 56.4 Å². The van der Waals surface area contributed by atoms with E-state index in [4.69, 9.17) is 23.2 Å². The Morgan fingerprint density at radius 1 is 1.04 bits per heavy atom. The Hall–Kier alpha value is -1.85. The summed E-state index contributed by atoms with van der Waals surface area (Å²) in [7, 11) is 0. The van der Waals surface area contributed by atoms with E-state index in [1.807, 2.05) is 4.90 Å². The van der Waals surface area contributed by atoms with Crippen LogP contribution in [-0.4, -0.2) is 33.7 Å². The fraction of sp³-hybridized carbons (Fsp3) is 0.312. The summed E-state index contributed by atoms with van der Waals surface area (Å²) in [5, 5.41) is 4.01. The van der Waals surface area contributed by atoms with Crippen molar-refractivity contribution in [3.8, 4) is 5.69 Å². The highest BCUT2D eigenvalue weighted by molar-refractivity contribution is 6.41. The van der Waals surface area contributed by atoms with Gasteiger partial charge in [0.25, 0.3) is 11.5 Å². The number of carbonyl (C=O) groups excluding carboxylic acids is 1. The molecule has 7 heteroatoms. The van der Waals surface area contributed by atoms with Gasteiger partial charge in [-0.1, -0.05) is 23.2 Å². The van der Waals surface area contributed by atoms with E-state index >= 15 is 0 Å². The number of rotatable bonds is 2. The fourth-order valence-electron chi connectivity index (χ4n) is 2.62. The molecular weight excluding hydrogens is 337 g/mol. The molecule has 0 unspecified atom stereocenters. The van der Waals surface area contributed by atoms with Gasteiger partial charge in [0.15, 0.2) is 0 Å². The quantitative estimate of drug-likeness (QED) is 0.834. The molecule has 5 nitrogen and oxygen atoms in total. The van der Waals surface area contributed by atoms with Crippen molar-refractivity contribution in [2.24, 2.45) is 0 Å². The Balaban J connectivity index is 1.86. The summed E-state index contributed by atoms with van der Waals surface area (Å²) in [5.74, 6) is 0.0192. The van der Waals surface area contributed by atoms with Gasteiger partial charge in [0, 0.05) is 18.7 Å². The number of piperidine rings is 1. The lowest BCUT2D eigenvalue weighted by atomic mass is 10.1. The Morgan fingerprint density at radius 3 is 2.35 bits per heavy atom. The molecule has 120 valence electrons. The third kappa shape index (κ3) is 3.26. The first-order valence-electron chi connectivity index (χ1n) is 7.41. The van der Waals surface area contributed by atoms with Crippen LogP contribution in [0.15, 0.2) is 35.3 Å². The van der Waals surface area contributed by atoms with Gasteiger partial charge in [-0.2, -0.15) is 9.78 Å². The van der Waals surface area contributed by atoms with E-state index in [9.17, 15) is 9.59 Å². The van der Waals surface area contributed by atoms with Gasteiger partial charge in [-0.05, 0) is 43.5 Å². The van der Waals surface area contributed by atoms with Crippen molar-refractivity contribution in [3.63, 3.8) is 0 Å². The number of aromatic nitrogens is 2. The zero-order chi connectivity index (χ0) is 16.4. The first-order valence-corrected chi connectivity index (χ1v) is 8.16. The molecule has 0 radical (unpaired) electrons.